The van der Waals surface area contributed by atoms with Crippen molar-refractivity contribution in [2.75, 3.05) is 25.1 Å². The Kier molecular flexibility index (Phi) is 4.68. The zero-order chi connectivity index (χ0) is 15.7. The first-order chi connectivity index (χ1) is 8.98. The molecule has 4 N–H and O–H groups in total. The number of hydrogen-bond donors (Lipinski definition) is 3. The second kappa shape index (κ2) is 5.59. The van der Waals surface area contributed by atoms with E-state index in [0.717, 1.165) is 4.31 Å². The average molecular weight is 301 g/mol. The van der Waals surface area contributed by atoms with E-state index < -0.39 is 21.7 Å². The maximum atomic E-state index is 12.0. The molecule has 0 aliphatic heterocycles. The van der Waals surface area contributed by atoms with Gasteiger partial charge in [-0.3, -0.25) is 0 Å². The summed E-state index contributed by atoms with van der Waals surface area (Å²) in [5, 5.41) is 12.8. The molecule has 6 nitrogen and oxygen atoms in total. The molecular formula is C13H23N3O3S. The summed E-state index contributed by atoms with van der Waals surface area (Å²) in [6.07, 6.45) is -0.591. The summed E-state index contributed by atoms with van der Waals surface area (Å²) in [5.74, 6) is 0. The van der Waals surface area contributed by atoms with Crippen molar-refractivity contribution in [3.8, 4) is 0 Å². The molecule has 20 heavy (non-hydrogen) atoms. The number of aliphatic hydroxyl groups is 1. The molecule has 1 atom stereocenters. The van der Waals surface area contributed by atoms with Crippen molar-refractivity contribution in [2.24, 2.45) is 0 Å². The van der Waals surface area contributed by atoms with Crippen LogP contribution in [0.4, 0.5) is 11.4 Å². The standard InChI is InChI=1S/C13H23N3O3S/c1-9(17)13(2,3)15-12-7-6-10(8-11(12)14)20(18,19)16(4)5/h6-9,15,17H,14H2,1-5H3. The van der Waals surface area contributed by atoms with Crippen molar-refractivity contribution in [3.05, 3.63) is 18.2 Å². The zero-order valence-electron chi connectivity index (χ0n) is 12.5. The third kappa shape index (κ3) is 3.41. The van der Waals surface area contributed by atoms with Crippen molar-refractivity contribution in [1.82, 2.24) is 4.31 Å². The number of benzene rings is 1. The number of anilines is 2. The number of aliphatic hydroxyl groups excluding tert-OH is 1. The Hall–Kier alpha value is -1.31. The lowest BCUT2D eigenvalue weighted by molar-refractivity contribution is 0.133. The molecule has 1 aromatic carbocycles. The topological polar surface area (TPSA) is 95.7 Å². The van der Waals surface area contributed by atoms with Gasteiger partial charge in [-0.2, -0.15) is 0 Å². The summed E-state index contributed by atoms with van der Waals surface area (Å²) < 4.78 is 25.1. The molecule has 0 radical (unpaired) electrons. The van der Waals surface area contributed by atoms with Crippen molar-refractivity contribution >= 4 is 21.4 Å². The predicted molar refractivity (Wildman–Crippen MR) is 81.1 cm³/mol. The average Bonchev–Trinajstić information content (AvgIpc) is 2.30. The van der Waals surface area contributed by atoms with E-state index in [4.69, 9.17) is 5.73 Å². The summed E-state index contributed by atoms with van der Waals surface area (Å²) >= 11 is 0. The van der Waals surface area contributed by atoms with E-state index in [0.29, 0.717) is 11.4 Å². The number of hydrogen-bond acceptors (Lipinski definition) is 5. The molecule has 0 bridgehead atoms. The fourth-order valence-electron chi connectivity index (χ4n) is 1.48. The third-order valence-electron chi connectivity index (χ3n) is 3.30. The van der Waals surface area contributed by atoms with Crippen LogP contribution in [-0.4, -0.2) is 43.6 Å². The van der Waals surface area contributed by atoms with Crippen LogP contribution in [0.25, 0.3) is 0 Å². The van der Waals surface area contributed by atoms with Gasteiger partial charge in [-0.05, 0) is 39.0 Å². The Labute approximate surface area is 120 Å². The van der Waals surface area contributed by atoms with E-state index in [9.17, 15) is 13.5 Å². The van der Waals surface area contributed by atoms with Crippen LogP contribution in [0.3, 0.4) is 0 Å². The normalized spacial score (nSPS) is 14.3. The van der Waals surface area contributed by atoms with Crippen LogP contribution in [-0.2, 0) is 10.0 Å². The van der Waals surface area contributed by atoms with Crippen LogP contribution in [0.2, 0.25) is 0 Å². The highest BCUT2D eigenvalue weighted by Gasteiger charge is 2.25. The highest BCUT2D eigenvalue weighted by molar-refractivity contribution is 7.89. The van der Waals surface area contributed by atoms with Crippen molar-refractivity contribution in [1.29, 1.82) is 0 Å². The summed E-state index contributed by atoms with van der Waals surface area (Å²) in [6.45, 7) is 5.34. The fraction of sp³-hybridized carbons (Fsp3) is 0.538. The molecule has 0 spiro atoms. The van der Waals surface area contributed by atoms with E-state index in [1.54, 1.807) is 13.0 Å². The number of nitrogens with two attached hydrogens (primary N) is 1. The highest BCUT2D eigenvalue weighted by atomic mass is 32.2. The summed E-state index contributed by atoms with van der Waals surface area (Å²) in [7, 11) is -0.567. The second-order valence-electron chi connectivity index (χ2n) is 5.56. The lowest BCUT2D eigenvalue weighted by atomic mass is 9.98. The van der Waals surface area contributed by atoms with Crippen LogP contribution < -0.4 is 11.1 Å². The van der Waals surface area contributed by atoms with Crippen LogP contribution in [0, 0.1) is 0 Å². The smallest absolute Gasteiger partial charge is 0.242 e. The van der Waals surface area contributed by atoms with E-state index in [1.165, 1.54) is 26.2 Å². The van der Waals surface area contributed by atoms with E-state index >= 15 is 0 Å². The molecule has 1 rings (SSSR count). The van der Waals surface area contributed by atoms with Gasteiger partial charge in [0.1, 0.15) is 0 Å². The van der Waals surface area contributed by atoms with Gasteiger partial charge in [0.25, 0.3) is 0 Å². The second-order valence-corrected chi connectivity index (χ2v) is 7.71. The van der Waals surface area contributed by atoms with Crippen LogP contribution in [0.1, 0.15) is 20.8 Å². The van der Waals surface area contributed by atoms with Crippen LogP contribution in [0.5, 0.6) is 0 Å². The van der Waals surface area contributed by atoms with Crippen LogP contribution >= 0.6 is 0 Å². The minimum atomic E-state index is -3.50. The van der Waals surface area contributed by atoms with Gasteiger partial charge in [-0.1, -0.05) is 0 Å². The fourth-order valence-corrected chi connectivity index (χ4v) is 2.41. The van der Waals surface area contributed by atoms with Gasteiger partial charge in [0.2, 0.25) is 10.0 Å². The Morgan fingerprint density at radius 1 is 1.35 bits per heavy atom. The predicted octanol–water partition coefficient (Wildman–Crippen LogP) is 1.09. The molecular weight excluding hydrogens is 278 g/mol. The molecule has 0 heterocycles. The minimum absolute atomic E-state index is 0.139. The number of rotatable bonds is 5. The van der Waals surface area contributed by atoms with Crippen molar-refractivity contribution < 1.29 is 13.5 Å². The molecule has 0 amide bonds. The highest BCUT2D eigenvalue weighted by Crippen LogP contribution is 2.27. The maximum Gasteiger partial charge on any atom is 0.242 e. The molecule has 1 aromatic rings. The number of sulfonamides is 1. The Balaban J connectivity index is 3.13. The molecule has 0 fully saturated rings. The molecule has 7 heteroatoms. The lowest BCUT2D eigenvalue weighted by Crippen LogP contribution is -2.42. The molecule has 0 saturated heterocycles. The quantitative estimate of drug-likeness (QED) is 0.708. The third-order valence-corrected chi connectivity index (χ3v) is 5.11. The van der Waals surface area contributed by atoms with Gasteiger partial charge in [-0.25, -0.2) is 12.7 Å². The molecule has 0 aliphatic rings. The monoisotopic (exact) mass is 301 g/mol. The summed E-state index contributed by atoms with van der Waals surface area (Å²) in [6, 6.07) is 4.51. The summed E-state index contributed by atoms with van der Waals surface area (Å²) in [5.41, 5.74) is 6.24. The largest absolute Gasteiger partial charge is 0.397 e. The molecule has 114 valence electrons. The number of nitrogens with one attached hydrogen (secondary N) is 1. The van der Waals surface area contributed by atoms with Crippen molar-refractivity contribution in [2.45, 2.75) is 37.3 Å². The first-order valence-electron chi connectivity index (χ1n) is 6.27. The number of nitrogen functional groups attached to an aromatic ring is 1. The Bertz CT molecular complexity index is 581. The first kappa shape index (κ1) is 16.7. The van der Waals surface area contributed by atoms with Crippen molar-refractivity contribution in [3.63, 3.8) is 0 Å². The van der Waals surface area contributed by atoms with E-state index in [1.807, 2.05) is 13.8 Å². The van der Waals surface area contributed by atoms with Gasteiger partial charge in [0.05, 0.1) is 27.9 Å². The van der Waals surface area contributed by atoms with E-state index in [2.05, 4.69) is 5.32 Å². The minimum Gasteiger partial charge on any atom is -0.397 e. The zero-order valence-corrected chi connectivity index (χ0v) is 13.3. The number of nitrogens with zero attached hydrogens (tertiary/aromatic N) is 1. The molecule has 0 saturated carbocycles. The lowest BCUT2D eigenvalue weighted by Gasteiger charge is -2.31. The maximum absolute atomic E-state index is 12.0. The SMILES string of the molecule is CC(O)C(C)(C)Nc1ccc(S(=O)(=O)N(C)C)cc1N. The Morgan fingerprint density at radius 2 is 1.90 bits per heavy atom. The van der Waals surface area contributed by atoms with Crippen LogP contribution in [0.15, 0.2) is 23.1 Å². The Morgan fingerprint density at radius 3 is 2.30 bits per heavy atom. The van der Waals surface area contributed by atoms with Gasteiger partial charge in [0, 0.05) is 14.1 Å². The van der Waals surface area contributed by atoms with Gasteiger partial charge < -0.3 is 16.2 Å². The molecule has 0 aromatic heterocycles. The first-order valence-corrected chi connectivity index (χ1v) is 7.71. The van der Waals surface area contributed by atoms with Gasteiger partial charge in [-0.15, -0.1) is 0 Å². The molecule has 1 unspecified atom stereocenters. The molecule has 0 aliphatic carbocycles. The van der Waals surface area contributed by atoms with E-state index in [-0.39, 0.29) is 4.90 Å². The van der Waals surface area contributed by atoms with Gasteiger partial charge in [0.15, 0.2) is 0 Å². The summed E-state index contributed by atoms with van der Waals surface area (Å²) in [4.78, 5) is 0.139. The van der Waals surface area contributed by atoms with Gasteiger partial charge >= 0.3 is 0 Å².